The van der Waals surface area contributed by atoms with E-state index in [1.54, 1.807) is 0 Å². The predicted molar refractivity (Wildman–Crippen MR) is 27.3 cm³/mol. The lowest BCUT2D eigenvalue weighted by molar-refractivity contribution is -0.00100. The monoisotopic (exact) mass is 158 g/mol. The van der Waals surface area contributed by atoms with Gasteiger partial charge in [-0.25, -0.2) is 0 Å². The zero-order chi connectivity index (χ0) is 4.83. The van der Waals surface area contributed by atoms with E-state index < -0.39 is 0 Å². The second-order valence-electron chi connectivity index (χ2n) is 1.28. The lowest BCUT2D eigenvalue weighted by Gasteiger charge is -1.87. The number of rotatable bonds is 3. The molecule has 8 heavy (non-hydrogen) atoms. The highest BCUT2D eigenvalue weighted by molar-refractivity contribution is 4.38. The van der Waals surface area contributed by atoms with Crippen LogP contribution >= 0.6 is 0 Å². The molecule has 2 nitrogen and oxygen atoms in total. The molecule has 0 aliphatic carbocycles. The molecule has 0 aromatic rings. The van der Waals surface area contributed by atoms with Crippen LogP contribution in [0, 0.1) is 0 Å². The van der Waals surface area contributed by atoms with Gasteiger partial charge in [0.1, 0.15) is 0 Å². The minimum atomic E-state index is 0. The van der Waals surface area contributed by atoms with Crippen molar-refractivity contribution in [2.75, 3.05) is 13.1 Å². The standard InChI is InChI=1S/C4H12N2.2ClH/c5-3-1-2-4-6;;/h1-6H2;2*1H/p-2. The molecular weight excluding hydrogens is 147 g/mol. The first kappa shape index (κ1) is 15.8. The van der Waals surface area contributed by atoms with Crippen LogP contribution in [0.3, 0.4) is 0 Å². The molecule has 0 radical (unpaired) electrons. The van der Waals surface area contributed by atoms with Crippen molar-refractivity contribution in [2.24, 2.45) is 11.5 Å². The zero-order valence-electron chi connectivity index (χ0n) is 4.74. The van der Waals surface area contributed by atoms with E-state index in [-0.39, 0.29) is 24.8 Å². The maximum atomic E-state index is 5.16. The molecule has 0 saturated carbocycles. The van der Waals surface area contributed by atoms with Crippen molar-refractivity contribution in [2.45, 2.75) is 12.8 Å². The Hall–Kier alpha value is 0.500. The summed E-state index contributed by atoms with van der Waals surface area (Å²) in [5.41, 5.74) is 10.3. The van der Waals surface area contributed by atoms with Gasteiger partial charge in [-0.15, -0.1) is 0 Å². The van der Waals surface area contributed by atoms with Crippen LogP contribution in [0.25, 0.3) is 0 Å². The third-order valence-electron chi connectivity index (χ3n) is 0.658. The number of hydrogen-bond donors (Lipinski definition) is 2. The molecule has 0 aromatic carbocycles. The van der Waals surface area contributed by atoms with E-state index in [9.17, 15) is 0 Å². The van der Waals surface area contributed by atoms with Gasteiger partial charge in [-0.3, -0.25) is 0 Å². The normalized spacial score (nSPS) is 6.75. The first-order valence-corrected chi connectivity index (χ1v) is 2.32. The lowest BCUT2D eigenvalue weighted by atomic mass is 10.3. The fourth-order valence-electron chi connectivity index (χ4n) is 0.289. The number of halogens is 2. The van der Waals surface area contributed by atoms with Gasteiger partial charge < -0.3 is 36.3 Å². The first-order chi connectivity index (χ1) is 2.91. The van der Waals surface area contributed by atoms with Crippen LogP contribution in [0.15, 0.2) is 0 Å². The van der Waals surface area contributed by atoms with Crippen molar-refractivity contribution < 1.29 is 24.8 Å². The highest BCUT2D eigenvalue weighted by atomic mass is 35.5. The summed E-state index contributed by atoms with van der Waals surface area (Å²) in [6.45, 7) is 1.55. The van der Waals surface area contributed by atoms with Gasteiger partial charge in [0.2, 0.25) is 0 Å². The van der Waals surface area contributed by atoms with Gasteiger partial charge in [0, 0.05) is 0 Å². The van der Waals surface area contributed by atoms with Crippen LogP contribution in [0.1, 0.15) is 12.8 Å². The van der Waals surface area contributed by atoms with Gasteiger partial charge in [-0.05, 0) is 25.9 Å². The average Bonchev–Trinajstić information content (AvgIpc) is 1.61. The molecule has 0 heterocycles. The van der Waals surface area contributed by atoms with E-state index in [1.807, 2.05) is 0 Å². The van der Waals surface area contributed by atoms with Crippen LogP contribution in [0.4, 0.5) is 0 Å². The van der Waals surface area contributed by atoms with Crippen LogP contribution in [0.5, 0.6) is 0 Å². The molecule has 0 aliphatic rings. The van der Waals surface area contributed by atoms with Gasteiger partial charge in [0.15, 0.2) is 0 Å². The highest BCUT2D eigenvalue weighted by Gasteiger charge is 1.75. The zero-order valence-corrected chi connectivity index (χ0v) is 6.25. The molecule has 0 atom stereocenters. The van der Waals surface area contributed by atoms with Crippen LogP contribution in [0.2, 0.25) is 0 Å². The lowest BCUT2D eigenvalue weighted by Crippen LogP contribution is -3.00. The summed E-state index contributed by atoms with van der Waals surface area (Å²) in [5, 5.41) is 0. The summed E-state index contributed by atoms with van der Waals surface area (Å²) in [5.74, 6) is 0. The van der Waals surface area contributed by atoms with E-state index >= 15 is 0 Å². The summed E-state index contributed by atoms with van der Waals surface area (Å²) >= 11 is 0. The second kappa shape index (κ2) is 15.6. The molecule has 0 amide bonds. The highest BCUT2D eigenvalue weighted by Crippen LogP contribution is 1.77. The van der Waals surface area contributed by atoms with Gasteiger partial charge in [-0.2, -0.15) is 0 Å². The van der Waals surface area contributed by atoms with E-state index in [0.717, 1.165) is 25.9 Å². The van der Waals surface area contributed by atoms with Crippen molar-refractivity contribution in [1.82, 2.24) is 0 Å². The Morgan fingerprint density at radius 2 is 1.00 bits per heavy atom. The van der Waals surface area contributed by atoms with E-state index in [2.05, 4.69) is 0 Å². The smallest absolute Gasteiger partial charge is 0.00768 e. The Bertz CT molecular complexity index is 24.0. The molecule has 0 fully saturated rings. The summed E-state index contributed by atoms with van der Waals surface area (Å²) in [6.07, 6.45) is 2.13. The van der Waals surface area contributed by atoms with E-state index in [4.69, 9.17) is 11.5 Å². The second-order valence-corrected chi connectivity index (χ2v) is 1.28. The fourth-order valence-corrected chi connectivity index (χ4v) is 0.289. The summed E-state index contributed by atoms with van der Waals surface area (Å²) in [4.78, 5) is 0. The molecule has 0 unspecified atom stereocenters. The topological polar surface area (TPSA) is 52.0 Å². The van der Waals surface area contributed by atoms with Gasteiger partial charge in [0.25, 0.3) is 0 Å². The maximum absolute atomic E-state index is 5.16. The summed E-state index contributed by atoms with van der Waals surface area (Å²) in [6, 6.07) is 0. The molecule has 0 rings (SSSR count). The van der Waals surface area contributed by atoms with Crippen molar-refractivity contribution in [3.8, 4) is 0 Å². The van der Waals surface area contributed by atoms with Gasteiger partial charge in [-0.1, -0.05) is 0 Å². The number of nitrogens with two attached hydrogens (primary N) is 2. The van der Waals surface area contributed by atoms with Crippen LogP contribution in [-0.2, 0) is 0 Å². The van der Waals surface area contributed by atoms with Crippen molar-refractivity contribution in [1.29, 1.82) is 0 Å². The Morgan fingerprint density at radius 3 is 1.12 bits per heavy atom. The van der Waals surface area contributed by atoms with Crippen molar-refractivity contribution in [3.05, 3.63) is 0 Å². The van der Waals surface area contributed by atoms with Crippen LogP contribution < -0.4 is 36.3 Å². The Labute approximate surface area is 62.8 Å². The Balaban J connectivity index is -0.000000125. The molecule has 0 aliphatic heterocycles. The molecule has 0 aromatic heterocycles. The van der Waals surface area contributed by atoms with E-state index in [0.29, 0.717) is 0 Å². The predicted octanol–water partition coefficient (Wildman–Crippen LogP) is -6.31. The number of unbranched alkanes of at least 4 members (excludes halogenated alkanes) is 1. The molecule has 54 valence electrons. The molecule has 4 heteroatoms. The van der Waals surface area contributed by atoms with Crippen molar-refractivity contribution >= 4 is 0 Å². The van der Waals surface area contributed by atoms with Crippen LogP contribution in [-0.4, -0.2) is 13.1 Å². The number of hydrogen-bond acceptors (Lipinski definition) is 2. The maximum Gasteiger partial charge on any atom is -0.00768 e. The largest absolute Gasteiger partial charge is 1.00 e. The molecular formula is C4H12Cl2N2-2. The van der Waals surface area contributed by atoms with Crippen molar-refractivity contribution in [3.63, 3.8) is 0 Å². The third-order valence-corrected chi connectivity index (χ3v) is 0.658. The first-order valence-electron chi connectivity index (χ1n) is 2.32. The Morgan fingerprint density at radius 1 is 0.750 bits per heavy atom. The average molecular weight is 159 g/mol. The minimum absolute atomic E-state index is 0. The summed E-state index contributed by atoms with van der Waals surface area (Å²) < 4.78 is 0. The molecule has 4 N–H and O–H groups in total. The quantitative estimate of drug-likeness (QED) is 0.402. The molecule has 0 bridgehead atoms. The molecule has 0 spiro atoms. The molecule has 0 saturated heterocycles. The summed E-state index contributed by atoms with van der Waals surface area (Å²) in [7, 11) is 0. The fraction of sp³-hybridized carbons (Fsp3) is 1.00. The van der Waals surface area contributed by atoms with Gasteiger partial charge >= 0.3 is 0 Å². The van der Waals surface area contributed by atoms with Gasteiger partial charge in [0.05, 0.1) is 0 Å². The Kier molecular flexibility index (Phi) is 30.9. The minimum Gasteiger partial charge on any atom is -1.00 e. The third kappa shape index (κ3) is 16.1. The van der Waals surface area contributed by atoms with E-state index in [1.165, 1.54) is 0 Å². The SMILES string of the molecule is NCCCCN.[Cl-].[Cl-].